The lowest BCUT2D eigenvalue weighted by Gasteiger charge is -2.31. The molecule has 2 aromatic rings. The van der Waals surface area contributed by atoms with E-state index < -0.39 is 27.8 Å². The van der Waals surface area contributed by atoms with Crippen molar-refractivity contribution in [1.29, 1.82) is 0 Å². The standard InChI is InChI=1S/C25H27ClN4O5S/c1-3-35-25(32)22-16(2)27-20-6-4-5-7-21(20)28-23(22)29-24(31)17-12-14-30(15-13-17)36(33,34)19-10-8-18(26)9-11-19/h4-11,17,22,27H,2-3,12-15H2,1H3,(H,28,29,31)/t22-/m0/s1. The van der Waals surface area contributed by atoms with Gasteiger partial charge in [0.05, 0.1) is 22.9 Å². The number of benzene rings is 2. The van der Waals surface area contributed by atoms with Gasteiger partial charge >= 0.3 is 5.97 Å². The van der Waals surface area contributed by atoms with Crippen LogP contribution in [0.3, 0.4) is 0 Å². The Hall–Kier alpha value is -3.21. The Morgan fingerprint density at radius 3 is 2.50 bits per heavy atom. The predicted molar refractivity (Wildman–Crippen MR) is 138 cm³/mol. The monoisotopic (exact) mass is 530 g/mol. The van der Waals surface area contributed by atoms with Gasteiger partial charge in [-0.25, -0.2) is 13.4 Å². The molecule has 0 radical (unpaired) electrons. The Balaban J connectivity index is 1.49. The Morgan fingerprint density at radius 2 is 1.83 bits per heavy atom. The van der Waals surface area contributed by atoms with E-state index in [2.05, 4.69) is 22.2 Å². The van der Waals surface area contributed by atoms with Crippen molar-refractivity contribution >= 4 is 50.7 Å². The second-order valence-corrected chi connectivity index (χ2v) is 10.8. The summed E-state index contributed by atoms with van der Waals surface area (Å²) in [5, 5.41) is 6.35. The lowest BCUT2D eigenvalue weighted by atomic mass is 9.96. The molecule has 1 fully saturated rings. The van der Waals surface area contributed by atoms with Crippen LogP contribution in [0.2, 0.25) is 5.02 Å². The van der Waals surface area contributed by atoms with Crippen LogP contribution in [0.25, 0.3) is 0 Å². The highest BCUT2D eigenvalue weighted by Crippen LogP contribution is 2.32. The average Bonchev–Trinajstić information content (AvgIpc) is 2.99. The minimum Gasteiger partial charge on any atom is -0.465 e. The SMILES string of the molecule is C=C1Nc2ccccc2N=C(NC(=O)C2CCN(S(=O)(=O)c3ccc(Cl)cc3)CC2)[C@H]1C(=O)OCC. The van der Waals surface area contributed by atoms with Gasteiger partial charge in [0.15, 0.2) is 5.92 Å². The van der Waals surface area contributed by atoms with E-state index in [0.717, 1.165) is 0 Å². The number of carbonyl (C=O) groups is 2. The van der Waals surface area contributed by atoms with Crippen molar-refractivity contribution in [2.24, 2.45) is 16.8 Å². The number of nitrogens with one attached hydrogen (secondary N) is 2. The quantitative estimate of drug-likeness (QED) is 0.569. The molecule has 0 aromatic heterocycles. The maximum absolute atomic E-state index is 13.2. The molecule has 0 spiro atoms. The number of nitrogens with zero attached hydrogens (tertiary/aromatic N) is 2. The molecule has 2 aliphatic rings. The fourth-order valence-corrected chi connectivity index (χ4v) is 5.80. The lowest BCUT2D eigenvalue weighted by molar-refractivity contribution is -0.144. The number of para-hydroxylation sites is 2. The first kappa shape index (κ1) is 25.9. The third kappa shape index (κ3) is 5.45. The maximum Gasteiger partial charge on any atom is 0.322 e. The highest BCUT2D eigenvalue weighted by Gasteiger charge is 2.36. The summed E-state index contributed by atoms with van der Waals surface area (Å²) in [4.78, 5) is 30.7. The molecular formula is C25H27ClN4O5S. The fourth-order valence-electron chi connectivity index (χ4n) is 4.20. The molecule has 2 aromatic carbocycles. The maximum atomic E-state index is 13.2. The summed E-state index contributed by atoms with van der Waals surface area (Å²) >= 11 is 5.88. The van der Waals surface area contributed by atoms with Crippen LogP contribution in [-0.2, 0) is 24.3 Å². The van der Waals surface area contributed by atoms with Crippen molar-refractivity contribution in [2.45, 2.75) is 24.7 Å². The van der Waals surface area contributed by atoms with Crippen molar-refractivity contribution in [1.82, 2.24) is 9.62 Å². The van der Waals surface area contributed by atoms with E-state index in [1.54, 1.807) is 25.1 Å². The number of anilines is 1. The number of fused-ring (bicyclic) bond motifs is 1. The Kier molecular flexibility index (Phi) is 7.77. The van der Waals surface area contributed by atoms with Crippen molar-refractivity contribution in [3.05, 3.63) is 65.8 Å². The first-order chi connectivity index (χ1) is 17.2. The van der Waals surface area contributed by atoms with Gasteiger partial charge in [0.1, 0.15) is 5.84 Å². The molecule has 0 saturated carbocycles. The van der Waals surface area contributed by atoms with Crippen LogP contribution < -0.4 is 10.6 Å². The molecule has 2 N–H and O–H groups in total. The molecule has 9 nitrogen and oxygen atoms in total. The molecule has 0 aliphatic carbocycles. The first-order valence-corrected chi connectivity index (χ1v) is 13.4. The van der Waals surface area contributed by atoms with Crippen LogP contribution in [0, 0.1) is 11.8 Å². The summed E-state index contributed by atoms with van der Waals surface area (Å²) in [6, 6.07) is 13.2. The fraction of sp³-hybridized carbons (Fsp3) is 0.320. The molecule has 2 heterocycles. The van der Waals surface area contributed by atoms with Crippen molar-refractivity contribution in [3.63, 3.8) is 0 Å². The zero-order chi connectivity index (χ0) is 25.9. The lowest BCUT2D eigenvalue weighted by Crippen LogP contribution is -2.47. The number of hydrogen-bond acceptors (Lipinski definition) is 7. The second kappa shape index (κ2) is 10.8. The van der Waals surface area contributed by atoms with Gasteiger partial charge < -0.3 is 15.4 Å². The third-order valence-corrected chi connectivity index (χ3v) is 8.28. The van der Waals surface area contributed by atoms with E-state index in [0.29, 0.717) is 34.9 Å². The highest BCUT2D eigenvalue weighted by atomic mass is 35.5. The summed E-state index contributed by atoms with van der Waals surface area (Å²) < 4.78 is 32.5. The smallest absolute Gasteiger partial charge is 0.322 e. The van der Waals surface area contributed by atoms with Gasteiger partial charge in [-0.05, 0) is 56.2 Å². The minimum absolute atomic E-state index is 0.122. The number of aliphatic imine (C=N–C) groups is 1. The number of hydrogen-bond donors (Lipinski definition) is 2. The number of rotatable bonds is 5. The number of amides is 1. The number of amidine groups is 1. The summed E-state index contributed by atoms with van der Waals surface area (Å²) in [6.07, 6.45) is 0.650. The summed E-state index contributed by atoms with van der Waals surface area (Å²) in [5.41, 5.74) is 1.53. The van der Waals surface area contributed by atoms with Crippen LogP contribution >= 0.6 is 11.6 Å². The molecule has 0 bridgehead atoms. The largest absolute Gasteiger partial charge is 0.465 e. The van der Waals surface area contributed by atoms with Crippen LogP contribution in [0.1, 0.15) is 19.8 Å². The molecule has 36 heavy (non-hydrogen) atoms. The molecule has 11 heteroatoms. The summed E-state index contributed by atoms with van der Waals surface area (Å²) in [7, 11) is -3.69. The van der Waals surface area contributed by atoms with Crippen molar-refractivity contribution < 1.29 is 22.7 Å². The second-order valence-electron chi connectivity index (χ2n) is 8.47. The van der Waals surface area contributed by atoms with Crippen LogP contribution in [-0.4, -0.2) is 50.1 Å². The molecule has 1 atom stereocenters. The number of carbonyl (C=O) groups excluding carboxylic acids is 2. The van der Waals surface area contributed by atoms with Crippen LogP contribution in [0.5, 0.6) is 0 Å². The molecule has 2 aliphatic heterocycles. The third-order valence-electron chi connectivity index (χ3n) is 6.11. The topological polar surface area (TPSA) is 117 Å². The summed E-state index contributed by atoms with van der Waals surface area (Å²) in [6.45, 7) is 6.21. The van der Waals surface area contributed by atoms with E-state index in [1.807, 2.05) is 6.07 Å². The zero-order valence-corrected chi connectivity index (χ0v) is 21.3. The van der Waals surface area contributed by atoms with Gasteiger partial charge in [-0.2, -0.15) is 4.31 Å². The molecule has 4 rings (SSSR count). The normalized spacial score (nSPS) is 18.9. The number of sulfonamides is 1. The Bertz CT molecular complexity index is 1300. The van der Waals surface area contributed by atoms with E-state index in [4.69, 9.17) is 16.3 Å². The van der Waals surface area contributed by atoms with Gasteiger partial charge in [0.25, 0.3) is 0 Å². The predicted octanol–water partition coefficient (Wildman–Crippen LogP) is 3.71. The van der Waals surface area contributed by atoms with Crippen LogP contribution in [0.15, 0.2) is 70.7 Å². The van der Waals surface area contributed by atoms with Crippen molar-refractivity contribution in [3.8, 4) is 0 Å². The van der Waals surface area contributed by atoms with Gasteiger partial charge in [-0.1, -0.05) is 30.3 Å². The van der Waals surface area contributed by atoms with E-state index in [1.165, 1.54) is 28.6 Å². The molecule has 1 amide bonds. The number of halogens is 1. The Labute approximate surface area is 215 Å². The zero-order valence-electron chi connectivity index (χ0n) is 19.7. The molecule has 0 unspecified atom stereocenters. The van der Waals surface area contributed by atoms with Gasteiger partial charge in [0, 0.05) is 29.7 Å². The van der Waals surface area contributed by atoms with Crippen LogP contribution in [0.4, 0.5) is 11.4 Å². The molecule has 1 saturated heterocycles. The van der Waals surface area contributed by atoms with E-state index in [-0.39, 0.29) is 36.3 Å². The minimum atomic E-state index is -3.69. The average molecular weight is 531 g/mol. The van der Waals surface area contributed by atoms with Gasteiger partial charge in [-0.15, -0.1) is 0 Å². The highest BCUT2D eigenvalue weighted by molar-refractivity contribution is 7.89. The number of piperidine rings is 1. The van der Waals surface area contributed by atoms with E-state index >= 15 is 0 Å². The Morgan fingerprint density at radius 1 is 1.17 bits per heavy atom. The van der Waals surface area contributed by atoms with Crippen molar-refractivity contribution in [2.75, 3.05) is 25.0 Å². The number of esters is 1. The van der Waals surface area contributed by atoms with Gasteiger partial charge in [-0.3, -0.25) is 9.59 Å². The molecular weight excluding hydrogens is 504 g/mol. The van der Waals surface area contributed by atoms with Gasteiger partial charge in [0.2, 0.25) is 15.9 Å². The first-order valence-electron chi connectivity index (χ1n) is 11.6. The number of ether oxygens (including phenoxy) is 1. The van der Waals surface area contributed by atoms with E-state index in [9.17, 15) is 18.0 Å². The molecule has 190 valence electrons. The summed E-state index contributed by atoms with van der Waals surface area (Å²) in [5.74, 6) is -2.25.